The number of aromatic nitrogens is 2. The van der Waals surface area contributed by atoms with Crippen molar-refractivity contribution in [3.8, 4) is 11.1 Å². The zero-order valence-corrected chi connectivity index (χ0v) is 16.9. The number of nitrogens with zero attached hydrogens (tertiary/aromatic N) is 2. The summed E-state index contributed by atoms with van der Waals surface area (Å²) in [6, 6.07) is 13.8. The molecule has 0 fully saturated rings. The number of carboxylic acid groups (broad SMARTS) is 1. The van der Waals surface area contributed by atoms with Crippen molar-refractivity contribution < 1.29 is 14.7 Å². The van der Waals surface area contributed by atoms with Crippen molar-refractivity contribution in [1.82, 2.24) is 15.1 Å². The van der Waals surface area contributed by atoms with Crippen LogP contribution >= 0.6 is 0 Å². The summed E-state index contributed by atoms with van der Waals surface area (Å²) in [5.41, 5.74) is 5.17. The third-order valence-electron chi connectivity index (χ3n) is 5.17. The first-order valence-corrected chi connectivity index (χ1v) is 9.59. The molecule has 2 aromatic carbocycles. The lowest BCUT2D eigenvalue weighted by Gasteiger charge is -2.12. The second kappa shape index (κ2) is 8.73. The topological polar surface area (TPSA) is 84.2 Å². The van der Waals surface area contributed by atoms with Crippen molar-refractivity contribution in [2.24, 2.45) is 7.05 Å². The van der Waals surface area contributed by atoms with Gasteiger partial charge in [0.25, 0.3) is 5.91 Å². The van der Waals surface area contributed by atoms with Gasteiger partial charge >= 0.3 is 5.97 Å². The van der Waals surface area contributed by atoms with Crippen LogP contribution in [0.25, 0.3) is 11.1 Å². The highest BCUT2D eigenvalue weighted by molar-refractivity contribution is 6.04. The van der Waals surface area contributed by atoms with Crippen molar-refractivity contribution in [1.29, 1.82) is 0 Å². The van der Waals surface area contributed by atoms with Crippen LogP contribution in [-0.2, 0) is 13.5 Å². The van der Waals surface area contributed by atoms with Crippen LogP contribution < -0.4 is 5.32 Å². The number of amides is 1. The number of carboxylic acids is 1. The molecule has 6 nitrogen and oxygen atoms in total. The van der Waals surface area contributed by atoms with Gasteiger partial charge in [0.1, 0.15) is 0 Å². The number of nitrogens with one attached hydrogen (secondary N) is 1. The zero-order chi connectivity index (χ0) is 21.0. The highest BCUT2D eigenvalue weighted by Gasteiger charge is 2.17. The second-order valence-electron chi connectivity index (χ2n) is 7.03. The third-order valence-corrected chi connectivity index (χ3v) is 5.17. The molecule has 0 bridgehead atoms. The molecular formula is C23H25N3O3. The lowest BCUT2D eigenvalue weighted by Crippen LogP contribution is -2.25. The van der Waals surface area contributed by atoms with Gasteiger partial charge in [-0.2, -0.15) is 5.10 Å². The van der Waals surface area contributed by atoms with Gasteiger partial charge in [-0.15, -0.1) is 0 Å². The monoisotopic (exact) mass is 391 g/mol. The Kier molecular flexibility index (Phi) is 6.12. The molecule has 0 saturated carbocycles. The minimum atomic E-state index is -1.02. The van der Waals surface area contributed by atoms with Crippen LogP contribution in [-0.4, -0.2) is 33.3 Å². The molecule has 0 aliphatic carbocycles. The fraction of sp³-hybridized carbons (Fsp3) is 0.261. The Hall–Kier alpha value is -3.41. The van der Waals surface area contributed by atoms with Gasteiger partial charge in [-0.1, -0.05) is 36.4 Å². The van der Waals surface area contributed by atoms with Crippen LogP contribution in [0, 0.1) is 13.8 Å². The predicted octanol–water partition coefficient (Wildman–Crippen LogP) is 3.76. The van der Waals surface area contributed by atoms with Crippen LogP contribution in [0.15, 0.2) is 48.5 Å². The van der Waals surface area contributed by atoms with E-state index in [0.717, 1.165) is 24.2 Å². The van der Waals surface area contributed by atoms with Gasteiger partial charge in [0.15, 0.2) is 0 Å². The first kappa shape index (κ1) is 20.3. The van der Waals surface area contributed by atoms with E-state index in [2.05, 4.69) is 10.4 Å². The quantitative estimate of drug-likeness (QED) is 0.601. The Bertz CT molecular complexity index is 1050. The Morgan fingerprint density at radius 1 is 1.00 bits per heavy atom. The molecule has 0 aliphatic heterocycles. The molecule has 0 spiro atoms. The standard InChI is InChI=1S/C23H25N3O3/c1-15-17(16(2)26(3)25-15)13-8-14-24-22(27)20-11-6-4-9-18(20)19-10-5-7-12-21(19)23(28)29/h4-7,9-12H,8,13-14H2,1-3H3,(H,24,27)(H,28,29). The van der Waals surface area contributed by atoms with Crippen molar-refractivity contribution in [3.05, 3.63) is 76.6 Å². The smallest absolute Gasteiger partial charge is 0.336 e. The second-order valence-corrected chi connectivity index (χ2v) is 7.03. The molecule has 1 aromatic heterocycles. The van der Waals surface area contributed by atoms with E-state index in [1.165, 1.54) is 5.56 Å². The Morgan fingerprint density at radius 2 is 1.59 bits per heavy atom. The molecule has 0 radical (unpaired) electrons. The van der Waals surface area contributed by atoms with E-state index in [1.807, 2.05) is 25.6 Å². The summed E-state index contributed by atoms with van der Waals surface area (Å²) in [5, 5.41) is 16.9. The van der Waals surface area contributed by atoms with E-state index in [4.69, 9.17) is 0 Å². The number of benzene rings is 2. The normalized spacial score (nSPS) is 10.7. The molecule has 2 N–H and O–H groups in total. The highest BCUT2D eigenvalue weighted by atomic mass is 16.4. The fourth-order valence-corrected chi connectivity index (χ4v) is 3.56. The lowest BCUT2D eigenvalue weighted by molar-refractivity contribution is 0.0697. The summed E-state index contributed by atoms with van der Waals surface area (Å²) < 4.78 is 1.87. The van der Waals surface area contributed by atoms with Gasteiger partial charge in [-0.25, -0.2) is 4.79 Å². The van der Waals surface area contributed by atoms with Crippen molar-refractivity contribution in [3.63, 3.8) is 0 Å². The van der Waals surface area contributed by atoms with Crippen molar-refractivity contribution >= 4 is 11.9 Å². The van der Waals surface area contributed by atoms with Gasteiger partial charge in [-0.3, -0.25) is 9.48 Å². The van der Waals surface area contributed by atoms with Gasteiger partial charge < -0.3 is 10.4 Å². The van der Waals surface area contributed by atoms with E-state index in [9.17, 15) is 14.7 Å². The van der Waals surface area contributed by atoms with Crippen molar-refractivity contribution in [2.45, 2.75) is 26.7 Å². The summed E-state index contributed by atoms with van der Waals surface area (Å²) in [4.78, 5) is 24.4. The Labute approximate surface area is 170 Å². The van der Waals surface area contributed by atoms with Crippen LogP contribution in [0.5, 0.6) is 0 Å². The molecule has 0 saturated heterocycles. The average Bonchev–Trinajstić information content (AvgIpc) is 2.96. The van der Waals surface area contributed by atoms with E-state index >= 15 is 0 Å². The van der Waals surface area contributed by atoms with Crippen LogP contribution in [0.2, 0.25) is 0 Å². The number of rotatable bonds is 7. The molecule has 3 aromatic rings. The molecule has 6 heteroatoms. The van der Waals surface area contributed by atoms with E-state index in [-0.39, 0.29) is 11.5 Å². The molecular weight excluding hydrogens is 366 g/mol. The number of aromatic carboxylic acids is 1. The van der Waals surface area contributed by atoms with E-state index in [0.29, 0.717) is 23.2 Å². The lowest BCUT2D eigenvalue weighted by atomic mass is 9.95. The molecule has 150 valence electrons. The third kappa shape index (κ3) is 4.37. The molecule has 1 amide bonds. The van der Waals surface area contributed by atoms with Crippen LogP contribution in [0.3, 0.4) is 0 Å². The minimum Gasteiger partial charge on any atom is -0.478 e. The zero-order valence-electron chi connectivity index (χ0n) is 16.9. The van der Waals surface area contributed by atoms with Gasteiger partial charge in [-0.05, 0) is 55.5 Å². The maximum atomic E-state index is 12.8. The van der Waals surface area contributed by atoms with Crippen LogP contribution in [0.4, 0.5) is 0 Å². The van der Waals surface area contributed by atoms with E-state index < -0.39 is 5.97 Å². The predicted molar refractivity (Wildman–Crippen MR) is 112 cm³/mol. The molecule has 0 atom stereocenters. The number of carbonyl (C=O) groups is 2. The summed E-state index contributed by atoms with van der Waals surface area (Å²) in [6.07, 6.45) is 1.64. The number of hydrogen-bond acceptors (Lipinski definition) is 3. The van der Waals surface area contributed by atoms with Crippen molar-refractivity contribution in [2.75, 3.05) is 6.54 Å². The largest absolute Gasteiger partial charge is 0.478 e. The molecule has 0 unspecified atom stereocenters. The first-order valence-electron chi connectivity index (χ1n) is 9.59. The summed E-state index contributed by atoms with van der Waals surface area (Å²) in [7, 11) is 1.93. The first-order chi connectivity index (χ1) is 13.9. The molecule has 29 heavy (non-hydrogen) atoms. The maximum Gasteiger partial charge on any atom is 0.336 e. The molecule has 1 heterocycles. The number of aryl methyl sites for hydroxylation is 2. The minimum absolute atomic E-state index is 0.176. The average molecular weight is 391 g/mol. The van der Waals surface area contributed by atoms with Gasteiger partial charge in [0.2, 0.25) is 0 Å². The number of carbonyl (C=O) groups excluding carboxylic acids is 1. The Balaban J connectivity index is 1.72. The summed E-state index contributed by atoms with van der Waals surface area (Å²) in [6.45, 7) is 4.57. The summed E-state index contributed by atoms with van der Waals surface area (Å²) in [5.74, 6) is -1.22. The SMILES string of the molecule is Cc1nn(C)c(C)c1CCCNC(=O)c1ccccc1-c1ccccc1C(=O)O. The Morgan fingerprint density at radius 3 is 2.17 bits per heavy atom. The highest BCUT2D eigenvalue weighted by Crippen LogP contribution is 2.27. The van der Waals surface area contributed by atoms with Gasteiger partial charge in [0, 0.05) is 24.8 Å². The molecule has 3 rings (SSSR count). The summed E-state index contributed by atoms with van der Waals surface area (Å²) >= 11 is 0. The fourth-order valence-electron chi connectivity index (χ4n) is 3.56. The maximum absolute atomic E-state index is 12.8. The van der Waals surface area contributed by atoms with E-state index in [1.54, 1.807) is 48.5 Å². The van der Waals surface area contributed by atoms with Crippen LogP contribution in [0.1, 0.15) is 44.1 Å². The number of hydrogen-bond donors (Lipinski definition) is 2. The molecule has 0 aliphatic rings. The van der Waals surface area contributed by atoms with Gasteiger partial charge in [0.05, 0.1) is 11.3 Å².